The average molecular weight is 366 g/mol. The summed E-state index contributed by atoms with van der Waals surface area (Å²) in [5.74, 6) is 0. The molecule has 2 aromatic rings. The topological polar surface area (TPSA) is 93.6 Å². The molecule has 7 heteroatoms. The molecular weight excluding hydrogens is 344 g/mol. The second kappa shape index (κ2) is 7.74. The van der Waals surface area contributed by atoms with Crippen LogP contribution >= 0.6 is 0 Å². The summed E-state index contributed by atoms with van der Waals surface area (Å²) in [6, 6.07) is 16.4. The van der Waals surface area contributed by atoms with E-state index in [-0.39, 0.29) is 17.8 Å². The summed E-state index contributed by atoms with van der Waals surface area (Å²) in [6.45, 7) is 2.33. The van der Waals surface area contributed by atoms with E-state index in [0.29, 0.717) is 18.7 Å². The van der Waals surface area contributed by atoms with Crippen molar-refractivity contribution in [1.29, 1.82) is 5.26 Å². The quantitative estimate of drug-likeness (QED) is 0.624. The first-order valence-corrected chi connectivity index (χ1v) is 8.78. The Morgan fingerprint density at radius 2 is 2.07 bits per heavy atom. The third kappa shape index (κ3) is 4.42. The average Bonchev–Trinajstić information content (AvgIpc) is 3.02. The molecule has 1 heterocycles. The minimum Gasteiger partial charge on any atom is -0.387 e. The smallest absolute Gasteiger partial charge is 0.293 e. The number of hydrogen-bond donors (Lipinski definition) is 1. The fraction of sp³-hybridized carbons (Fsp3) is 0.350. The molecule has 1 aliphatic rings. The number of benzene rings is 2. The Morgan fingerprint density at radius 1 is 1.33 bits per heavy atom. The Morgan fingerprint density at radius 3 is 2.74 bits per heavy atom. The SMILES string of the molecule is CN(CC1(O)CCN(Cc2ccccc2)C1)c1ccc(C#N)cc1[N+](=O)[O-]. The van der Waals surface area contributed by atoms with E-state index in [9.17, 15) is 15.2 Å². The number of nitro groups is 1. The predicted octanol–water partition coefficient (Wildman–Crippen LogP) is 2.54. The molecule has 1 aliphatic heterocycles. The lowest BCUT2D eigenvalue weighted by Crippen LogP contribution is -2.44. The van der Waals surface area contributed by atoms with Crippen molar-refractivity contribution in [2.75, 3.05) is 31.6 Å². The molecule has 0 spiro atoms. The molecule has 1 unspecified atom stereocenters. The number of aliphatic hydroxyl groups is 1. The van der Waals surface area contributed by atoms with Gasteiger partial charge in [0.2, 0.25) is 0 Å². The molecule has 140 valence electrons. The molecule has 1 saturated heterocycles. The first-order chi connectivity index (χ1) is 12.9. The third-order valence-corrected chi connectivity index (χ3v) is 4.90. The normalized spacial score (nSPS) is 19.6. The molecule has 0 saturated carbocycles. The van der Waals surface area contributed by atoms with Crippen LogP contribution in [-0.4, -0.2) is 47.2 Å². The molecular formula is C20H22N4O3. The number of hydrogen-bond acceptors (Lipinski definition) is 6. The highest BCUT2D eigenvalue weighted by Gasteiger charge is 2.37. The van der Waals surface area contributed by atoms with E-state index in [4.69, 9.17) is 5.26 Å². The third-order valence-electron chi connectivity index (χ3n) is 4.90. The van der Waals surface area contributed by atoms with Crippen molar-refractivity contribution in [1.82, 2.24) is 4.90 Å². The molecule has 0 aliphatic carbocycles. The zero-order chi connectivity index (χ0) is 19.4. The van der Waals surface area contributed by atoms with E-state index >= 15 is 0 Å². The van der Waals surface area contributed by atoms with Crippen LogP contribution in [-0.2, 0) is 6.54 Å². The van der Waals surface area contributed by atoms with Gasteiger partial charge in [-0.1, -0.05) is 30.3 Å². The maximum absolute atomic E-state index is 11.4. The molecule has 3 rings (SSSR count). The van der Waals surface area contributed by atoms with Crippen LogP contribution in [0.15, 0.2) is 48.5 Å². The van der Waals surface area contributed by atoms with Crippen molar-refractivity contribution < 1.29 is 10.0 Å². The number of nitriles is 1. The predicted molar refractivity (Wildman–Crippen MR) is 102 cm³/mol. The van der Waals surface area contributed by atoms with Crippen molar-refractivity contribution >= 4 is 11.4 Å². The first-order valence-electron chi connectivity index (χ1n) is 8.78. The monoisotopic (exact) mass is 366 g/mol. The minimum atomic E-state index is -0.939. The highest BCUT2D eigenvalue weighted by molar-refractivity contribution is 5.65. The Balaban J connectivity index is 1.70. The zero-order valence-corrected chi connectivity index (χ0v) is 15.2. The van der Waals surface area contributed by atoms with Gasteiger partial charge >= 0.3 is 0 Å². The van der Waals surface area contributed by atoms with E-state index in [1.54, 1.807) is 24.1 Å². The van der Waals surface area contributed by atoms with Crippen LogP contribution in [0.2, 0.25) is 0 Å². The van der Waals surface area contributed by atoms with Crippen molar-refractivity contribution in [3.8, 4) is 6.07 Å². The van der Waals surface area contributed by atoms with Gasteiger partial charge in [-0.25, -0.2) is 0 Å². The zero-order valence-electron chi connectivity index (χ0n) is 15.2. The number of β-amino-alcohol motifs (C(OH)–C–C–N with tert-alkyl or cyclic N) is 1. The van der Waals surface area contributed by atoms with E-state index in [1.807, 2.05) is 24.3 Å². The molecule has 0 amide bonds. The number of likely N-dealkylation sites (tertiary alicyclic amines) is 1. The number of anilines is 1. The van der Waals surface area contributed by atoms with Gasteiger partial charge in [0.05, 0.1) is 22.2 Å². The fourth-order valence-electron chi connectivity index (χ4n) is 3.63. The van der Waals surface area contributed by atoms with Gasteiger partial charge in [-0.3, -0.25) is 15.0 Å². The number of likely N-dealkylation sites (N-methyl/N-ethyl adjacent to an activating group) is 1. The van der Waals surface area contributed by atoms with E-state index < -0.39 is 10.5 Å². The summed E-state index contributed by atoms with van der Waals surface area (Å²) in [7, 11) is 1.73. The lowest BCUT2D eigenvalue weighted by atomic mass is 10.0. The van der Waals surface area contributed by atoms with E-state index in [2.05, 4.69) is 17.0 Å². The highest BCUT2D eigenvalue weighted by atomic mass is 16.6. The maximum Gasteiger partial charge on any atom is 0.293 e. The van der Waals surface area contributed by atoms with Crippen LogP contribution in [0.1, 0.15) is 17.5 Å². The van der Waals surface area contributed by atoms with Crippen molar-refractivity contribution in [2.45, 2.75) is 18.6 Å². The molecule has 7 nitrogen and oxygen atoms in total. The van der Waals surface area contributed by atoms with Crippen molar-refractivity contribution in [3.05, 3.63) is 69.8 Å². The van der Waals surface area contributed by atoms with Gasteiger partial charge in [0.15, 0.2) is 0 Å². The molecule has 0 bridgehead atoms. The molecule has 1 fully saturated rings. The highest BCUT2D eigenvalue weighted by Crippen LogP contribution is 2.31. The summed E-state index contributed by atoms with van der Waals surface area (Å²) in [5, 5.41) is 31.3. The van der Waals surface area contributed by atoms with Gasteiger partial charge in [-0.15, -0.1) is 0 Å². The lowest BCUT2D eigenvalue weighted by molar-refractivity contribution is -0.384. The molecule has 0 radical (unpaired) electrons. The van der Waals surface area contributed by atoms with Crippen molar-refractivity contribution in [2.24, 2.45) is 0 Å². The lowest BCUT2D eigenvalue weighted by Gasteiger charge is -2.30. The number of nitrogens with zero attached hydrogens (tertiary/aromatic N) is 4. The largest absolute Gasteiger partial charge is 0.387 e. The standard InChI is InChI=1S/C20H22N4O3/c1-22(18-8-7-17(12-21)11-19(18)24(26)27)14-20(25)9-10-23(15-20)13-16-5-3-2-4-6-16/h2-8,11,25H,9-10,13-15H2,1H3. The van der Waals surface area contributed by atoms with Gasteiger partial charge in [-0.05, 0) is 24.1 Å². The molecule has 1 N–H and O–H groups in total. The van der Waals surface area contributed by atoms with Gasteiger partial charge in [0.25, 0.3) is 5.69 Å². The first kappa shape index (κ1) is 18.8. The summed E-state index contributed by atoms with van der Waals surface area (Å²) < 4.78 is 0. The second-order valence-electron chi connectivity index (χ2n) is 7.10. The summed E-state index contributed by atoms with van der Waals surface area (Å²) in [5.41, 5.74) is 0.768. The van der Waals surface area contributed by atoms with Crippen LogP contribution in [0.3, 0.4) is 0 Å². The summed E-state index contributed by atoms with van der Waals surface area (Å²) in [6.07, 6.45) is 0.605. The van der Waals surface area contributed by atoms with Gasteiger partial charge in [0.1, 0.15) is 5.69 Å². The number of nitro benzene ring substituents is 1. The molecule has 1 atom stereocenters. The van der Waals surface area contributed by atoms with Crippen LogP contribution in [0, 0.1) is 21.4 Å². The minimum absolute atomic E-state index is 0.126. The maximum atomic E-state index is 11.4. The summed E-state index contributed by atoms with van der Waals surface area (Å²) >= 11 is 0. The van der Waals surface area contributed by atoms with E-state index in [0.717, 1.165) is 13.1 Å². The van der Waals surface area contributed by atoms with E-state index in [1.165, 1.54) is 11.6 Å². The van der Waals surface area contributed by atoms with Gasteiger partial charge in [0, 0.05) is 39.3 Å². The van der Waals surface area contributed by atoms with Crippen LogP contribution < -0.4 is 4.90 Å². The van der Waals surface area contributed by atoms with Crippen LogP contribution in [0.5, 0.6) is 0 Å². The van der Waals surface area contributed by atoms with Crippen LogP contribution in [0.4, 0.5) is 11.4 Å². The van der Waals surface area contributed by atoms with Crippen LogP contribution in [0.25, 0.3) is 0 Å². The van der Waals surface area contributed by atoms with Gasteiger partial charge < -0.3 is 10.0 Å². The molecule has 27 heavy (non-hydrogen) atoms. The van der Waals surface area contributed by atoms with Crippen molar-refractivity contribution in [3.63, 3.8) is 0 Å². The Labute approximate surface area is 158 Å². The summed E-state index contributed by atoms with van der Waals surface area (Å²) in [4.78, 5) is 14.8. The second-order valence-corrected chi connectivity index (χ2v) is 7.10. The Kier molecular flexibility index (Phi) is 5.40. The van der Waals surface area contributed by atoms with Gasteiger partial charge in [-0.2, -0.15) is 5.26 Å². The number of rotatable bonds is 6. The Bertz CT molecular complexity index is 865. The fourth-order valence-corrected chi connectivity index (χ4v) is 3.63. The Hall–Kier alpha value is -2.95. The molecule has 2 aromatic carbocycles. The molecule has 0 aromatic heterocycles.